The molecule has 142 valence electrons. The highest BCUT2D eigenvalue weighted by Gasteiger charge is 2.26. The zero-order chi connectivity index (χ0) is 20.1. The van der Waals surface area contributed by atoms with Gasteiger partial charge in [-0.1, -0.05) is 18.7 Å². The first-order chi connectivity index (χ1) is 13.5. The Morgan fingerprint density at radius 3 is 2.96 bits per heavy atom. The van der Waals surface area contributed by atoms with Crippen LogP contribution in [0.3, 0.4) is 0 Å². The molecule has 1 heterocycles. The quantitative estimate of drug-likeness (QED) is 0.441. The van der Waals surface area contributed by atoms with Crippen LogP contribution in [-0.2, 0) is 4.79 Å². The molecular weight excluding hydrogens is 338 g/mol. The molecule has 4 N–H and O–H groups in total. The molecule has 0 saturated heterocycles. The Hall–Kier alpha value is -2.89. The van der Waals surface area contributed by atoms with E-state index in [0.29, 0.717) is 18.7 Å². The van der Waals surface area contributed by atoms with Gasteiger partial charge in [0.25, 0.3) is 0 Å². The first-order valence-electron chi connectivity index (χ1n) is 9.86. The van der Waals surface area contributed by atoms with Gasteiger partial charge in [0.2, 0.25) is 5.91 Å². The Balaban J connectivity index is 1.79. The lowest BCUT2D eigenvalue weighted by atomic mass is 10.0. The van der Waals surface area contributed by atoms with E-state index in [1.54, 1.807) is 11.8 Å². The zero-order valence-corrected chi connectivity index (χ0v) is 15.6. The molecule has 1 aliphatic carbocycles. The summed E-state index contributed by atoms with van der Waals surface area (Å²) in [7, 11) is 0. The molecule has 0 radical (unpaired) electrons. The molecule has 0 atom stereocenters. The summed E-state index contributed by atoms with van der Waals surface area (Å²) in [6.45, 7) is 4.73. The smallest absolute Gasteiger partial charge is 0.219 e. The molecule has 2 aliphatic rings. The molecule has 6 heteroatoms. The fraction of sp³-hybridized carbons (Fsp3) is 0.381. The van der Waals surface area contributed by atoms with Crippen molar-refractivity contribution in [3.05, 3.63) is 47.7 Å². The van der Waals surface area contributed by atoms with Gasteiger partial charge in [-0.3, -0.25) is 10.2 Å². The van der Waals surface area contributed by atoms with Gasteiger partial charge in [0.05, 0.1) is 7.92 Å². The first-order valence-corrected chi connectivity index (χ1v) is 9.28. The number of rotatable bonds is 7. The summed E-state index contributed by atoms with van der Waals surface area (Å²) < 4.78 is 7.42. The van der Waals surface area contributed by atoms with E-state index >= 15 is 0 Å². The highest BCUT2D eigenvalue weighted by atomic mass is 16.2. The van der Waals surface area contributed by atoms with Gasteiger partial charge in [-0.25, -0.2) is 0 Å². The third-order valence-corrected chi connectivity index (χ3v) is 5.01. The van der Waals surface area contributed by atoms with Crippen LogP contribution in [0.15, 0.2) is 42.1 Å². The van der Waals surface area contributed by atoms with Gasteiger partial charge < -0.3 is 20.9 Å². The van der Waals surface area contributed by atoms with E-state index in [1.807, 2.05) is 24.3 Å². The fourth-order valence-electron chi connectivity index (χ4n) is 3.13. The molecule has 6 nitrogen and oxygen atoms in total. The average molecular weight is 365 g/mol. The maximum Gasteiger partial charge on any atom is 0.219 e. The van der Waals surface area contributed by atoms with Crippen LogP contribution in [0.1, 0.15) is 33.1 Å². The molecule has 1 saturated carbocycles. The molecule has 0 unspecified atom stereocenters. The highest BCUT2D eigenvalue weighted by Crippen LogP contribution is 2.29. The van der Waals surface area contributed by atoms with Crippen LogP contribution < -0.4 is 10.6 Å². The predicted molar refractivity (Wildman–Crippen MR) is 110 cm³/mol. The van der Waals surface area contributed by atoms with Gasteiger partial charge in [-0.05, 0) is 42.0 Å². The van der Waals surface area contributed by atoms with Crippen molar-refractivity contribution in [1.82, 2.24) is 10.2 Å². The van der Waals surface area contributed by atoms with Crippen LogP contribution in [0, 0.1) is 16.7 Å². The van der Waals surface area contributed by atoms with Crippen molar-refractivity contribution in [3.63, 3.8) is 0 Å². The largest absolute Gasteiger partial charge is 0.388 e. The summed E-state index contributed by atoms with van der Waals surface area (Å²) in [6.07, 6.45) is 4.39. The number of amidine groups is 1. The predicted octanol–water partition coefficient (Wildman–Crippen LogP) is 3.24. The highest BCUT2D eigenvalue weighted by molar-refractivity contribution is 6.09. The van der Waals surface area contributed by atoms with Gasteiger partial charge >= 0.3 is 0 Å². The number of hydrogen-bond acceptors (Lipinski definition) is 4. The molecular formula is C21H27N5O. The van der Waals surface area contributed by atoms with Gasteiger partial charge in [0.1, 0.15) is 5.84 Å². The number of hydrogen-bond donors (Lipinski definition) is 4. The van der Waals surface area contributed by atoms with Crippen LogP contribution in [-0.4, -0.2) is 42.5 Å². The normalized spacial score (nSPS) is 18.0. The van der Waals surface area contributed by atoms with E-state index in [1.165, 1.54) is 12.8 Å². The molecule has 0 bridgehead atoms. The van der Waals surface area contributed by atoms with Crippen molar-refractivity contribution >= 4 is 29.2 Å². The molecule has 0 aromatic heterocycles. The fourth-order valence-corrected chi connectivity index (χ4v) is 3.13. The Kier molecular flexibility index (Phi) is 5.32. The summed E-state index contributed by atoms with van der Waals surface area (Å²) in [5.41, 5.74) is 3.83. The van der Waals surface area contributed by atoms with Crippen LogP contribution in [0.2, 0.25) is 0 Å². The lowest BCUT2D eigenvalue weighted by molar-refractivity contribution is -0.128. The summed E-state index contributed by atoms with van der Waals surface area (Å²) in [6, 6.07) is 7.35. The van der Waals surface area contributed by atoms with Crippen molar-refractivity contribution < 1.29 is 6.17 Å². The SMILES string of the molecule is [H]/C=C(\C=N)c1cccc(NC(=N)C2=C(NCC3CC3)CCN(C(C)=O)C2)c1. The number of carbonyl (C=O) groups is 1. The minimum Gasteiger partial charge on any atom is -0.388 e. The molecule has 1 aliphatic heterocycles. The molecule has 0 spiro atoms. The maximum atomic E-state index is 11.8. The molecule has 1 amide bonds. The van der Waals surface area contributed by atoms with E-state index < -0.39 is 0 Å². The van der Waals surface area contributed by atoms with E-state index in [9.17, 15) is 4.79 Å². The van der Waals surface area contributed by atoms with Gasteiger partial charge in [-0.15, -0.1) is 0 Å². The third-order valence-electron chi connectivity index (χ3n) is 5.01. The van der Waals surface area contributed by atoms with Gasteiger partial charge in [0.15, 0.2) is 0 Å². The second-order valence-corrected chi connectivity index (χ2v) is 7.15. The van der Waals surface area contributed by atoms with Gasteiger partial charge in [-0.2, -0.15) is 0 Å². The summed E-state index contributed by atoms with van der Waals surface area (Å²) in [5, 5.41) is 22.7. The van der Waals surface area contributed by atoms with Crippen molar-refractivity contribution in [2.45, 2.75) is 26.2 Å². The second kappa shape index (κ2) is 8.20. The molecule has 1 fully saturated rings. The zero-order valence-electron chi connectivity index (χ0n) is 16.6. The topological polar surface area (TPSA) is 92.1 Å². The maximum absolute atomic E-state index is 11.8. The Morgan fingerprint density at radius 2 is 2.30 bits per heavy atom. The standard InChI is InChI=1S/C21H27N5O/c1-14(11-22)17-4-3-5-18(10-17)25-21(23)19-13-26(15(2)27)9-8-20(19)24-12-16-6-7-16/h3-5,10-11,16,22,24H,1,6-9,12-13H2,2H3,(H2,23,25). The van der Waals surface area contributed by atoms with Crippen molar-refractivity contribution in [2.24, 2.45) is 5.92 Å². The second-order valence-electron chi connectivity index (χ2n) is 7.15. The Morgan fingerprint density at radius 1 is 1.48 bits per heavy atom. The molecule has 3 rings (SSSR count). The number of nitrogens with one attached hydrogen (secondary N) is 4. The number of nitrogens with zero attached hydrogens (tertiary/aromatic N) is 1. The number of anilines is 1. The van der Waals surface area contributed by atoms with E-state index in [0.717, 1.165) is 54.2 Å². The number of allylic oxidation sites excluding steroid dienone is 1. The number of carbonyl (C=O) groups excluding carboxylic acids is 1. The van der Waals surface area contributed by atoms with Crippen LogP contribution >= 0.6 is 0 Å². The monoisotopic (exact) mass is 365 g/mol. The van der Waals surface area contributed by atoms with Crippen LogP contribution in [0.25, 0.3) is 5.57 Å². The summed E-state index contributed by atoms with van der Waals surface area (Å²) >= 11 is 0. The minimum atomic E-state index is 0.0183. The minimum absolute atomic E-state index is 0.0183. The molecule has 27 heavy (non-hydrogen) atoms. The lowest BCUT2D eigenvalue weighted by Gasteiger charge is -2.31. The Bertz CT molecular complexity index is 841. The summed E-state index contributed by atoms with van der Waals surface area (Å²) in [5.74, 6) is 1.02. The van der Waals surface area contributed by atoms with Crippen LogP contribution in [0.4, 0.5) is 5.69 Å². The lowest BCUT2D eigenvalue weighted by Crippen LogP contribution is -2.41. The third kappa shape index (κ3) is 4.84. The van der Waals surface area contributed by atoms with Crippen molar-refractivity contribution in [1.29, 1.82) is 10.8 Å². The van der Waals surface area contributed by atoms with E-state index in [2.05, 4.69) is 10.6 Å². The molecule has 1 aromatic carbocycles. The average Bonchev–Trinajstić information content (AvgIpc) is 3.52. The van der Waals surface area contributed by atoms with Crippen molar-refractivity contribution in [2.75, 3.05) is 25.0 Å². The Labute approximate surface area is 161 Å². The number of benzene rings is 1. The van der Waals surface area contributed by atoms with E-state index in [4.69, 9.17) is 12.2 Å². The van der Waals surface area contributed by atoms with Crippen molar-refractivity contribution in [3.8, 4) is 0 Å². The van der Waals surface area contributed by atoms with Crippen LogP contribution in [0.5, 0.6) is 0 Å². The summed E-state index contributed by atoms with van der Waals surface area (Å²) in [4.78, 5) is 13.6. The van der Waals surface area contributed by atoms with E-state index in [-0.39, 0.29) is 11.7 Å². The van der Waals surface area contributed by atoms with Gasteiger partial charge in [0, 0.05) is 49.6 Å². The number of amides is 1. The first kappa shape index (κ1) is 17.5. The molecule has 1 aromatic rings.